The minimum Gasteiger partial charge on any atom is -0.330 e. The third kappa shape index (κ3) is 1.80. The normalized spacial score (nSPS) is 15.7. The van der Waals surface area contributed by atoms with Crippen molar-refractivity contribution in [3.8, 4) is 0 Å². The van der Waals surface area contributed by atoms with E-state index in [0.717, 1.165) is 5.65 Å². The molecule has 2 heterocycles. The fourth-order valence-electron chi connectivity index (χ4n) is 1.46. The van der Waals surface area contributed by atoms with E-state index < -0.39 is 0 Å². The maximum atomic E-state index is 4.25. The van der Waals surface area contributed by atoms with Crippen molar-refractivity contribution in [2.24, 2.45) is 0 Å². The number of imidazole rings is 1. The molecule has 0 aliphatic heterocycles. The second-order valence-electron chi connectivity index (χ2n) is 3.18. The van der Waals surface area contributed by atoms with Gasteiger partial charge < -0.3 is 4.98 Å². The van der Waals surface area contributed by atoms with Gasteiger partial charge in [-0.15, -0.1) is 0 Å². The van der Waals surface area contributed by atoms with Gasteiger partial charge in [-0.2, -0.15) is 6.07 Å². The van der Waals surface area contributed by atoms with Gasteiger partial charge in [0, 0.05) is 23.5 Å². The van der Waals surface area contributed by atoms with Gasteiger partial charge in [-0.3, -0.25) is 4.52 Å². The molecule has 0 spiro atoms. The Morgan fingerprint density at radius 2 is 2.31 bits per heavy atom. The molecule has 1 fully saturated rings. The number of hydrogen-bond donors (Lipinski definition) is 0. The Hall–Kier alpha value is 0.425. The molecule has 0 radical (unpaired) electrons. The number of fused-ring (bicyclic) bond motifs is 1. The average Bonchev–Trinajstić information content (AvgIpc) is 2.86. The van der Waals surface area contributed by atoms with Crippen LogP contribution in [0.5, 0.6) is 0 Å². The van der Waals surface area contributed by atoms with E-state index in [2.05, 4.69) is 16.1 Å². The van der Waals surface area contributed by atoms with Gasteiger partial charge in [0.15, 0.2) is 0 Å². The van der Waals surface area contributed by atoms with Crippen molar-refractivity contribution in [1.82, 2.24) is 14.6 Å². The van der Waals surface area contributed by atoms with E-state index in [4.69, 9.17) is 0 Å². The molecule has 0 bridgehead atoms. The summed E-state index contributed by atoms with van der Waals surface area (Å²) in [4.78, 5) is 4.25. The van der Waals surface area contributed by atoms with Crippen molar-refractivity contribution in [2.45, 2.75) is 18.8 Å². The van der Waals surface area contributed by atoms with Crippen molar-refractivity contribution >= 4 is 5.65 Å². The summed E-state index contributed by atoms with van der Waals surface area (Å²) >= 11 is 0. The largest absolute Gasteiger partial charge is 1.00 e. The van der Waals surface area contributed by atoms with Crippen LogP contribution in [0.1, 0.15) is 24.5 Å². The molecule has 0 saturated heterocycles. The van der Waals surface area contributed by atoms with Crippen molar-refractivity contribution < 1.29 is 58.2 Å². The molecule has 1 aliphatic carbocycles. The van der Waals surface area contributed by atoms with E-state index in [1.165, 1.54) is 18.5 Å². The van der Waals surface area contributed by atoms with Gasteiger partial charge in [-0.25, -0.2) is 11.2 Å². The number of rotatable bonds is 1. The average molecular weight is 244 g/mol. The van der Waals surface area contributed by atoms with E-state index in [9.17, 15) is 0 Å². The number of aromatic nitrogens is 3. The molecule has 60 valence electrons. The third-order valence-corrected chi connectivity index (χ3v) is 2.25. The Bertz CT molecular complexity index is 419. The fraction of sp³-hybridized carbons (Fsp3) is 0.333. The predicted molar refractivity (Wildman–Crippen MR) is 43.8 cm³/mol. The maximum absolute atomic E-state index is 4.25. The predicted octanol–water partition coefficient (Wildman–Crippen LogP) is -1.59. The van der Waals surface area contributed by atoms with Crippen molar-refractivity contribution in [2.75, 3.05) is 0 Å². The SMILES string of the molecule is [Rb+].[c-]1cnn2c(C3CC3)cnc2c1. The Morgan fingerprint density at radius 3 is 3.08 bits per heavy atom. The Balaban J connectivity index is 0.000000653. The van der Waals surface area contributed by atoms with Crippen LogP contribution in [-0.2, 0) is 0 Å². The van der Waals surface area contributed by atoms with E-state index in [1.54, 1.807) is 6.20 Å². The van der Waals surface area contributed by atoms with Crippen molar-refractivity contribution in [1.29, 1.82) is 0 Å². The first-order chi connectivity index (χ1) is 5.95. The molecule has 1 aliphatic rings. The monoisotopic (exact) mass is 243 g/mol. The zero-order chi connectivity index (χ0) is 7.97. The summed E-state index contributed by atoms with van der Waals surface area (Å²) in [6.45, 7) is 0. The van der Waals surface area contributed by atoms with Crippen LogP contribution >= 0.6 is 0 Å². The third-order valence-electron chi connectivity index (χ3n) is 2.25. The molecule has 3 nitrogen and oxygen atoms in total. The summed E-state index contributed by atoms with van der Waals surface area (Å²) in [5.41, 5.74) is 2.15. The molecule has 1 saturated carbocycles. The summed E-state index contributed by atoms with van der Waals surface area (Å²) in [5.74, 6) is 0.704. The van der Waals surface area contributed by atoms with Crippen LogP contribution in [-0.4, -0.2) is 14.6 Å². The first kappa shape index (κ1) is 9.96. The smallest absolute Gasteiger partial charge is 0.330 e. The molecule has 2 aromatic rings. The van der Waals surface area contributed by atoms with Crippen molar-refractivity contribution in [3.63, 3.8) is 0 Å². The topological polar surface area (TPSA) is 30.2 Å². The molecular weight excluding hydrogens is 236 g/mol. The summed E-state index contributed by atoms with van der Waals surface area (Å²) in [7, 11) is 0. The first-order valence-electron chi connectivity index (χ1n) is 4.15. The zero-order valence-electron chi connectivity index (χ0n) is 7.57. The second-order valence-corrected chi connectivity index (χ2v) is 3.18. The quantitative estimate of drug-likeness (QED) is 0.566. The van der Waals surface area contributed by atoms with Crippen LogP contribution in [0.4, 0.5) is 0 Å². The van der Waals surface area contributed by atoms with E-state index in [0.29, 0.717) is 5.92 Å². The van der Waals surface area contributed by atoms with Crippen LogP contribution < -0.4 is 58.2 Å². The van der Waals surface area contributed by atoms with Gasteiger partial charge in [0.05, 0.1) is 0 Å². The molecule has 2 aromatic heterocycles. The fourth-order valence-corrected chi connectivity index (χ4v) is 1.46. The molecule has 0 N–H and O–H groups in total. The van der Waals surface area contributed by atoms with Gasteiger partial charge >= 0.3 is 58.2 Å². The molecule has 4 heteroatoms. The zero-order valence-corrected chi connectivity index (χ0v) is 12.5. The van der Waals surface area contributed by atoms with Crippen LogP contribution in [0.25, 0.3) is 5.65 Å². The summed E-state index contributed by atoms with van der Waals surface area (Å²) in [6, 6.07) is 4.77. The molecule has 13 heavy (non-hydrogen) atoms. The Morgan fingerprint density at radius 1 is 1.46 bits per heavy atom. The van der Waals surface area contributed by atoms with E-state index in [-0.39, 0.29) is 58.2 Å². The Labute approximate surface area is 125 Å². The molecular formula is C9H8N3Rb. The van der Waals surface area contributed by atoms with Gasteiger partial charge in [0.2, 0.25) is 0 Å². The molecule has 3 rings (SSSR count). The molecule has 0 aromatic carbocycles. The van der Waals surface area contributed by atoms with Gasteiger partial charge in [0.1, 0.15) is 0 Å². The van der Waals surface area contributed by atoms with Crippen molar-refractivity contribution in [3.05, 3.63) is 30.2 Å². The molecule has 0 amide bonds. The van der Waals surface area contributed by atoms with E-state index >= 15 is 0 Å². The molecule has 0 atom stereocenters. The summed E-state index contributed by atoms with van der Waals surface area (Å²) in [6.07, 6.45) is 6.18. The number of nitrogens with zero attached hydrogens (tertiary/aromatic N) is 3. The van der Waals surface area contributed by atoms with Crippen LogP contribution in [0.2, 0.25) is 0 Å². The summed E-state index contributed by atoms with van der Waals surface area (Å²) < 4.78 is 1.91. The maximum Gasteiger partial charge on any atom is 1.00 e. The van der Waals surface area contributed by atoms with Gasteiger partial charge in [-0.1, -0.05) is 0 Å². The van der Waals surface area contributed by atoms with Gasteiger partial charge in [-0.05, 0) is 19.0 Å². The number of hydrogen-bond acceptors (Lipinski definition) is 2. The van der Waals surface area contributed by atoms with Crippen LogP contribution in [0.15, 0.2) is 18.5 Å². The van der Waals surface area contributed by atoms with Gasteiger partial charge in [0.25, 0.3) is 0 Å². The minimum absolute atomic E-state index is 0. The Kier molecular flexibility index (Phi) is 2.98. The van der Waals surface area contributed by atoms with Crippen LogP contribution in [0.3, 0.4) is 0 Å². The molecule has 0 unspecified atom stereocenters. The standard InChI is InChI=1S/C9H8N3.Rb/c1-2-9-10-6-8(7-3-4-7)12(9)11-5-1;/h2,5-7H,3-4H2;/q-1;+1. The van der Waals surface area contributed by atoms with E-state index in [1.807, 2.05) is 16.8 Å². The van der Waals surface area contributed by atoms with Crippen LogP contribution in [0, 0.1) is 6.07 Å². The minimum atomic E-state index is 0. The summed E-state index contributed by atoms with van der Waals surface area (Å²) in [5, 5.41) is 4.20. The first-order valence-corrected chi connectivity index (χ1v) is 4.15. The second kappa shape index (κ2) is 3.89.